The zero-order valence-corrected chi connectivity index (χ0v) is 9.99. The van der Waals surface area contributed by atoms with Crippen LogP contribution in [0.5, 0.6) is 0 Å². The van der Waals surface area contributed by atoms with Gasteiger partial charge in [0, 0.05) is 18.7 Å². The lowest BCUT2D eigenvalue weighted by molar-refractivity contribution is 0.0954. The molecule has 0 radical (unpaired) electrons. The second-order valence-electron chi connectivity index (χ2n) is 3.70. The van der Waals surface area contributed by atoms with E-state index in [2.05, 4.69) is 17.6 Å². The van der Waals surface area contributed by atoms with E-state index in [-0.39, 0.29) is 5.91 Å². The molecular formula is C13H17N3O. The first-order valence-electron chi connectivity index (χ1n) is 5.77. The van der Waals surface area contributed by atoms with Crippen LogP contribution in [0.4, 0.5) is 0 Å². The number of benzene rings is 1. The maximum Gasteiger partial charge on any atom is 0.251 e. The van der Waals surface area contributed by atoms with Crippen LogP contribution in [-0.4, -0.2) is 25.5 Å². The first kappa shape index (κ1) is 13.2. The largest absolute Gasteiger partial charge is 0.351 e. The van der Waals surface area contributed by atoms with Gasteiger partial charge in [0.25, 0.3) is 5.91 Å². The molecule has 1 rings (SSSR count). The molecule has 0 aliphatic carbocycles. The van der Waals surface area contributed by atoms with E-state index in [9.17, 15) is 4.79 Å². The van der Waals surface area contributed by atoms with E-state index in [1.54, 1.807) is 24.3 Å². The predicted octanol–water partition coefficient (Wildman–Crippen LogP) is 1.29. The van der Waals surface area contributed by atoms with Gasteiger partial charge in [-0.3, -0.25) is 4.79 Å². The fraction of sp³-hybridized carbons (Fsp3) is 0.385. The van der Waals surface area contributed by atoms with E-state index >= 15 is 0 Å². The molecule has 0 saturated heterocycles. The highest BCUT2D eigenvalue weighted by Crippen LogP contribution is 2.03. The molecule has 0 heterocycles. The Bertz CT molecular complexity index is 409. The Kier molecular flexibility index (Phi) is 5.76. The first-order chi connectivity index (χ1) is 8.27. The third kappa shape index (κ3) is 4.66. The van der Waals surface area contributed by atoms with Gasteiger partial charge >= 0.3 is 0 Å². The van der Waals surface area contributed by atoms with Crippen molar-refractivity contribution in [2.24, 2.45) is 0 Å². The fourth-order valence-corrected chi connectivity index (χ4v) is 1.40. The fourth-order valence-electron chi connectivity index (χ4n) is 1.40. The summed E-state index contributed by atoms with van der Waals surface area (Å²) in [5.74, 6) is -0.139. The number of nitrogens with one attached hydrogen (secondary N) is 2. The zero-order chi connectivity index (χ0) is 12.5. The molecule has 0 unspecified atom stereocenters. The van der Waals surface area contributed by atoms with E-state index < -0.39 is 0 Å². The Balaban J connectivity index is 2.39. The number of rotatable bonds is 6. The molecule has 2 N–H and O–H groups in total. The standard InChI is InChI=1S/C13H17N3O/c1-2-6-15-7-8-16-13(17)12-5-3-4-11(9-12)10-14/h3-5,9,15H,2,6-8H2,1H3,(H,16,17). The molecule has 1 aromatic rings. The van der Waals surface area contributed by atoms with Gasteiger partial charge in [0.15, 0.2) is 0 Å². The van der Waals surface area contributed by atoms with Crippen molar-refractivity contribution in [3.63, 3.8) is 0 Å². The van der Waals surface area contributed by atoms with Crippen LogP contribution in [0.2, 0.25) is 0 Å². The van der Waals surface area contributed by atoms with Crippen molar-refractivity contribution in [1.82, 2.24) is 10.6 Å². The molecule has 0 bridgehead atoms. The summed E-state index contributed by atoms with van der Waals surface area (Å²) in [5.41, 5.74) is 1.03. The Morgan fingerprint density at radius 3 is 2.88 bits per heavy atom. The molecule has 0 aromatic heterocycles. The van der Waals surface area contributed by atoms with Gasteiger partial charge in [-0.05, 0) is 31.2 Å². The minimum Gasteiger partial charge on any atom is -0.351 e. The summed E-state index contributed by atoms with van der Waals surface area (Å²) in [6.45, 7) is 4.41. The summed E-state index contributed by atoms with van der Waals surface area (Å²) in [4.78, 5) is 11.7. The third-order valence-corrected chi connectivity index (χ3v) is 2.27. The van der Waals surface area contributed by atoms with Crippen molar-refractivity contribution in [3.8, 4) is 6.07 Å². The van der Waals surface area contributed by atoms with Crippen LogP contribution < -0.4 is 10.6 Å². The van der Waals surface area contributed by atoms with Crippen molar-refractivity contribution < 1.29 is 4.79 Å². The SMILES string of the molecule is CCCNCCNC(=O)c1cccc(C#N)c1. The molecule has 17 heavy (non-hydrogen) atoms. The van der Waals surface area contributed by atoms with Gasteiger partial charge < -0.3 is 10.6 Å². The number of hydrogen-bond donors (Lipinski definition) is 2. The second-order valence-corrected chi connectivity index (χ2v) is 3.70. The highest BCUT2D eigenvalue weighted by molar-refractivity contribution is 5.94. The van der Waals surface area contributed by atoms with Gasteiger partial charge in [0.1, 0.15) is 0 Å². The molecular weight excluding hydrogens is 214 g/mol. The highest BCUT2D eigenvalue weighted by atomic mass is 16.1. The van der Waals surface area contributed by atoms with E-state index in [0.29, 0.717) is 17.7 Å². The van der Waals surface area contributed by atoms with Crippen LogP contribution in [0.25, 0.3) is 0 Å². The molecule has 4 nitrogen and oxygen atoms in total. The topological polar surface area (TPSA) is 64.9 Å². The molecule has 1 aromatic carbocycles. The molecule has 0 atom stereocenters. The minimum absolute atomic E-state index is 0.139. The molecule has 0 saturated carbocycles. The number of hydrogen-bond acceptors (Lipinski definition) is 3. The second kappa shape index (κ2) is 7.42. The molecule has 4 heteroatoms. The number of carbonyl (C=O) groups is 1. The molecule has 1 amide bonds. The number of carbonyl (C=O) groups excluding carboxylic acids is 1. The number of nitriles is 1. The van der Waals surface area contributed by atoms with Crippen LogP contribution in [0.15, 0.2) is 24.3 Å². The minimum atomic E-state index is -0.139. The Morgan fingerprint density at radius 1 is 1.35 bits per heavy atom. The van der Waals surface area contributed by atoms with Crippen molar-refractivity contribution in [2.45, 2.75) is 13.3 Å². The molecule has 0 aliphatic rings. The Morgan fingerprint density at radius 2 is 2.18 bits per heavy atom. The van der Waals surface area contributed by atoms with Gasteiger partial charge in [-0.25, -0.2) is 0 Å². The summed E-state index contributed by atoms with van der Waals surface area (Å²) in [5, 5.41) is 14.7. The number of nitrogens with zero attached hydrogens (tertiary/aromatic N) is 1. The lowest BCUT2D eigenvalue weighted by Crippen LogP contribution is -2.32. The van der Waals surface area contributed by atoms with Crippen molar-refractivity contribution in [1.29, 1.82) is 5.26 Å². The first-order valence-corrected chi connectivity index (χ1v) is 5.77. The van der Waals surface area contributed by atoms with Gasteiger partial charge in [-0.2, -0.15) is 5.26 Å². The molecule has 90 valence electrons. The Hall–Kier alpha value is -1.86. The van der Waals surface area contributed by atoms with Gasteiger partial charge in [0.05, 0.1) is 11.6 Å². The number of amides is 1. The van der Waals surface area contributed by atoms with Gasteiger partial charge in [-0.1, -0.05) is 13.0 Å². The normalized spacial score (nSPS) is 9.65. The zero-order valence-electron chi connectivity index (χ0n) is 9.99. The smallest absolute Gasteiger partial charge is 0.251 e. The van der Waals surface area contributed by atoms with Crippen LogP contribution >= 0.6 is 0 Å². The van der Waals surface area contributed by atoms with Crippen molar-refractivity contribution in [2.75, 3.05) is 19.6 Å². The molecule has 0 fully saturated rings. The summed E-state index contributed by atoms with van der Waals surface area (Å²) in [6.07, 6.45) is 1.08. The maximum absolute atomic E-state index is 11.7. The maximum atomic E-state index is 11.7. The van der Waals surface area contributed by atoms with Crippen LogP contribution in [-0.2, 0) is 0 Å². The monoisotopic (exact) mass is 231 g/mol. The lowest BCUT2D eigenvalue weighted by atomic mass is 10.1. The van der Waals surface area contributed by atoms with E-state index in [1.165, 1.54) is 0 Å². The summed E-state index contributed by atoms with van der Waals surface area (Å²) in [7, 11) is 0. The summed E-state index contributed by atoms with van der Waals surface area (Å²) < 4.78 is 0. The third-order valence-electron chi connectivity index (χ3n) is 2.27. The summed E-state index contributed by atoms with van der Waals surface area (Å²) >= 11 is 0. The average molecular weight is 231 g/mol. The van der Waals surface area contributed by atoms with E-state index in [0.717, 1.165) is 19.5 Å². The summed E-state index contributed by atoms with van der Waals surface area (Å²) in [6, 6.07) is 8.70. The predicted molar refractivity (Wildman–Crippen MR) is 66.7 cm³/mol. The lowest BCUT2D eigenvalue weighted by Gasteiger charge is -2.06. The van der Waals surface area contributed by atoms with Crippen molar-refractivity contribution >= 4 is 5.91 Å². The van der Waals surface area contributed by atoms with E-state index in [1.807, 2.05) is 6.07 Å². The Labute approximate surface area is 102 Å². The van der Waals surface area contributed by atoms with Crippen LogP contribution in [0.3, 0.4) is 0 Å². The van der Waals surface area contributed by atoms with Gasteiger partial charge in [-0.15, -0.1) is 0 Å². The molecule has 0 spiro atoms. The quantitative estimate of drug-likeness (QED) is 0.725. The van der Waals surface area contributed by atoms with Crippen LogP contribution in [0, 0.1) is 11.3 Å². The highest BCUT2D eigenvalue weighted by Gasteiger charge is 2.04. The van der Waals surface area contributed by atoms with Crippen LogP contribution in [0.1, 0.15) is 29.3 Å². The van der Waals surface area contributed by atoms with Crippen molar-refractivity contribution in [3.05, 3.63) is 35.4 Å². The van der Waals surface area contributed by atoms with Gasteiger partial charge in [0.2, 0.25) is 0 Å². The average Bonchev–Trinajstić information content (AvgIpc) is 2.38. The molecule has 0 aliphatic heterocycles. The van der Waals surface area contributed by atoms with E-state index in [4.69, 9.17) is 5.26 Å².